The molecule has 2 aliphatic carbocycles. The maximum absolute atomic E-state index is 12.5. The molecule has 0 saturated heterocycles. The molecule has 0 saturated carbocycles. The topological polar surface area (TPSA) is 191 Å². The van der Waals surface area contributed by atoms with Gasteiger partial charge >= 0.3 is 49.6 Å². The van der Waals surface area contributed by atoms with Crippen molar-refractivity contribution in [2.24, 2.45) is 14.3 Å². The zero-order valence-corrected chi connectivity index (χ0v) is 42.2. The third-order valence-electron chi connectivity index (χ3n) is 7.95. The summed E-state index contributed by atoms with van der Waals surface area (Å²) in [5.41, 5.74) is 5.73. The number of ketones is 1. The molecule has 4 aromatic carbocycles. The fourth-order valence-electron chi connectivity index (χ4n) is 5.50. The summed E-state index contributed by atoms with van der Waals surface area (Å²) in [6.45, 7) is 39.5. The Kier molecular flexibility index (Phi) is 20.8. The first kappa shape index (κ1) is 54.0. The minimum absolute atomic E-state index is 0.121. The van der Waals surface area contributed by atoms with Gasteiger partial charge in [0.2, 0.25) is 6.19 Å². The Morgan fingerprint density at radius 3 is 1.22 bits per heavy atom. The fourth-order valence-corrected chi connectivity index (χ4v) is 6.26. The van der Waals surface area contributed by atoms with Gasteiger partial charge in [0, 0.05) is 16.7 Å². The van der Waals surface area contributed by atoms with Crippen molar-refractivity contribution in [3.63, 3.8) is 0 Å². The van der Waals surface area contributed by atoms with E-state index in [-0.39, 0.29) is 56.1 Å². The summed E-state index contributed by atoms with van der Waals surface area (Å²) >= 11 is 6.42. The van der Waals surface area contributed by atoms with Crippen molar-refractivity contribution in [2.45, 2.75) is 32.7 Å². The van der Waals surface area contributed by atoms with Gasteiger partial charge in [0.15, 0.2) is 45.7 Å². The molecule has 13 nitrogen and oxygen atoms in total. The van der Waals surface area contributed by atoms with E-state index in [1.54, 1.807) is 18.3 Å². The second kappa shape index (κ2) is 24.7. The van der Waals surface area contributed by atoms with Crippen LogP contribution < -0.4 is 0 Å². The van der Waals surface area contributed by atoms with E-state index in [1.807, 2.05) is 24.3 Å². The number of aliphatic imine (C=N–C) groups is 1. The van der Waals surface area contributed by atoms with Crippen LogP contribution in [0.3, 0.4) is 0 Å². The van der Waals surface area contributed by atoms with Gasteiger partial charge in [-0.3, -0.25) is 33.5 Å². The van der Waals surface area contributed by atoms with Crippen molar-refractivity contribution in [1.82, 2.24) is 0 Å². The summed E-state index contributed by atoms with van der Waals surface area (Å²) in [5, 5.41) is 45.7. The van der Waals surface area contributed by atoms with Gasteiger partial charge in [-0.05, 0) is 71.7 Å². The van der Waals surface area contributed by atoms with Gasteiger partial charge in [-0.1, -0.05) is 37.4 Å². The van der Waals surface area contributed by atoms with Crippen LogP contribution in [0.15, 0.2) is 62.8 Å². The van der Waals surface area contributed by atoms with Gasteiger partial charge in [-0.15, -0.1) is 23.2 Å². The van der Waals surface area contributed by atoms with Gasteiger partial charge in [-0.2, -0.15) is 31.3 Å². The van der Waals surface area contributed by atoms with Crippen molar-refractivity contribution in [1.29, 1.82) is 26.3 Å². The van der Waals surface area contributed by atoms with E-state index in [1.165, 1.54) is 36.4 Å². The molecule has 0 bridgehead atoms. The van der Waals surface area contributed by atoms with Crippen LogP contribution in [-0.4, -0.2) is 40.0 Å². The number of carbonyl (C=O) groups is 1. The summed E-state index contributed by atoms with van der Waals surface area (Å²) in [6, 6.07) is 22.5. The van der Waals surface area contributed by atoms with Gasteiger partial charge in [0.1, 0.15) is 24.3 Å². The van der Waals surface area contributed by atoms with Crippen LogP contribution in [0, 0.1) is 83.1 Å². The van der Waals surface area contributed by atoms with E-state index in [9.17, 15) is 15.3 Å². The quantitative estimate of drug-likeness (QED) is 0.0545. The number of hydrogen-bond acceptors (Lipinski definition) is 9. The number of hydrogen-bond donors (Lipinski definition) is 0. The van der Waals surface area contributed by atoms with E-state index in [0.29, 0.717) is 50.2 Å². The molecule has 0 spiro atoms. The number of rotatable bonds is 2. The molecule has 0 atom stereocenters. The summed E-state index contributed by atoms with van der Waals surface area (Å²) < 4.78 is 8.42. The monoisotopic (exact) mass is 1030 g/mol. The summed E-state index contributed by atoms with van der Waals surface area (Å²) in [4.78, 5) is 29.5. The van der Waals surface area contributed by atoms with Crippen LogP contribution in [0.5, 0.6) is 0 Å². The third-order valence-corrected chi connectivity index (χ3v) is 9.35. The molecule has 0 heterocycles. The van der Waals surface area contributed by atoms with Gasteiger partial charge in [0.05, 0.1) is 65.6 Å². The first-order valence-corrected chi connectivity index (χ1v) is 33.5. The Bertz CT molecular complexity index is 2870. The van der Waals surface area contributed by atoms with Crippen molar-refractivity contribution < 1.29 is 17.1 Å². The normalized spacial score (nSPS) is 11.1. The number of nitrogens with zero attached hydrogens (tertiary/aromatic N) is 12. The van der Waals surface area contributed by atoms with Crippen LogP contribution in [0.25, 0.3) is 41.6 Å². The molecular weight excluding hydrogens is 1010 g/mol. The zero-order chi connectivity index (χ0) is 48.5. The number of carbonyl (C=O) groups excluding carboxylic acids is 1. The van der Waals surface area contributed by atoms with Crippen molar-refractivity contribution in [2.75, 3.05) is 5.34 Å². The van der Waals surface area contributed by atoms with E-state index >= 15 is 0 Å². The number of benzene rings is 4. The zero-order valence-electron chi connectivity index (χ0n) is 33.9. The molecule has 4 aromatic rings. The Balaban J connectivity index is 0.000000323. The Labute approximate surface area is 401 Å². The SMILES string of the molecule is C[SiH](C)N=C=N[Si](C)(C)C.ClCCl.[C-]#[N+]c1cc2c(cc1[N+]#[C-])-c1cc(C#N)c(C#N)cc1C2=NC#N.[C-]#[N+]c1cc2c(cc1[N+]#[C-])-c1cc(C#N)c(C#N)cc1C2=O.[Cl][Ti]([Cl])([Cl])[Cl]. The van der Waals surface area contributed by atoms with E-state index in [2.05, 4.69) is 72.4 Å². The number of fused-ring (bicyclic) bond motifs is 6. The molecule has 0 radical (unpaired) electrons. The molecule has 2 aliphatic rings. The Morgan fingerprint density at radius 1 is 0.594 bits per heavy atom. The average molecular weight is 1030 g/mol. The second-order valence-corrected chi connectivity index (χ2v) is 36.9. The van der Waals surface area contributed by atoms with Crippen molar-refractivity contribution in [3.05, 3.63) is 139 Å². The number of nitriles is 5. The van der Waals surface area contributed by atoms with Gasteiger partial charge in [0.25, 0.3) is 0 Å². The van der Waals surface area contributed by atoms with Crippen LogP contribution in [0.4, 0.5) is 22.7 Å². The van der Waals surface area contributed by atoms with Crippen LogP contribution >= 0.6 is 60.4 Å². The van der Waals surface area contributed by atoms with Crippen molar-refractivity contribution >= 4 is 118 Å². The summed E-state index contributed by atoms with van der Waals surface area (Å²) in [5.74, 6) is -0.299. The molecule has 22 heteroatoms. The predicted molar refractivity (Wildman–Crippen MR) is 254 cm³/mol. The average Bonchev–Trinajstić information content (AvgIpc) is 3.68. The Morgan fingerprint density at radius 2 is 0.875 bits per heavy atom. The van der Waals surface area contributed by atoms with Gasteiger partial charge < -0.3 is 0 Å². The molecular formula is C42H26Cl6N12OSi2Ti. The molecule has 0 aliphatic heterocycles. The Hall–Kier alpha value is -6.10. The standard InChI is InChI=1S/C18H4N6.C17H4N4O.C6H16N2Si2.CH2Cl2.4ClH.Ti/c1-22-16-5-13-12-3-10(7-19)11(8-20)4-14(12)18(24-9-21)15(13)6-17(16)23-2;1-20-15-5-12-11-3-9(7-18)10(8-19)4-13(11)17(22)14(12)6-16(15)21-2;1-9(2)7-6-8-10(3,4)5;2-1-3;;;;;/h3-6H;3-6H;9H,1-5H3;1H2;4*1H;/q;;;;;;;;+4/p-4. The fraction of sp³-hybridized carbons (Fsp3) is 0.143. The molecule has 6 rings (SSSR count). The summed E-state index contributed by atoms with van der Waals surface area (Å²) in [7, 11) is 18.0. The predicted octanol–water partition coefficient (Wildman–Crippen LogP) is 13.7. The second-order valence-electron chi connectivity index (χ2n) is 13.6. The molecule has 0 fully saturated rings. The van der Waals surface area contributed by atoms with E-state index in [0.717, 1.165) is 0 Å². The third kappa shape index (κ3) is 14.5. The minimum atomic E-state index is -3.11. The molecule has 0 N–H and O–H groups in total. The molecule has 314 valence electrons. The molecule has 0 amide bonds. The number of alkyl halides is 2. The van der Waals surface area contributed by atoms with Crippen LogP contribution in [0.1, 0.15) is 49.3 Å². The maximum atomic E-state index is 12.5. The first-order chi connectivity index (χ1) is 30.1. The molecule has 0 unspecified atom stereocenters. The van der Waals surface area contributed by atoms with E-state index < -0.39 is 29.5 Å². The van der Waals surface area contributed by atoms with Crippen LogP contribution in [-0.2, 0) is 12.3 Å². The van der Waals surface area contributed by atoms with Crippen LogP contribution in [0.2, 0.25) is 32.7 Å². The van der Waals surface area contributed by atoms with Gasteiger partial charge in [-0.25, -0.2) is 0 Å². The summed E-state index contributed by atoms with van der Waals surface area (Å²) in [6.07, 6.45) is 1.73. The van der Waals surface area contributed by atoms with E-state index in [4.69, 9.17) is 102 Å². The first-order valence-electron chi connectivity index (χ1n) is 17.6. The van der Waals surface area contributed by atoms with Crippen molar-refractivity contribution in [3.8, 4) is 52.7 Å². The molecule has 0 aromatic heterocycles. The number of halogens is 6. The molecule has 64 heavy (non-hydrogen) atoms.